The van der Waals surface area contributed by atoms with E-state index in [0.717, 1.165) is 4.90 Å². The lowest BCUT2D eigenvalue weighted by Crippen LogP contribution is -2.74. The summed E-state index contributed by atoms with van der Waals surface area (Å²) >= 11 is -1.38. The van der Waals surface area contributed by atoms with Crippen molar-refractivity contribution in [3.8, 4) is 0 Å². The Bertz CT molecular complexity index is 435. The molecule has 0 saturated carbocycles. The second-order valence-corrected chi connectivity index (χ2v) is 5.30. The summed E-state index contributed by atoms with van der Waals surface area (Å²) in [5.41, 5.74) is -0.166. The quantitative estimate of drug-likeness (QED) is 0.457. The fraction of sp³-hybridized carbons (Fsp3) is 0.444. The molecule has 17 heavy (non-hydrogen) atoms. The van der Waals surface area contributed by atoms with Crippen LogP contribution in [0.1, 0.15) is 6.92 Å². The highest BCUT2D eigenvalue weighted by molar-refractivity contribution is 7.92. The number of carboxylic acid groups (broad SMARTS) is 1. The topological polar surface area (TPSA) is 110 Å². The number of rotatable bonds is 2. The van der Waals surface area contributed by atoms with E-state index >= 15 is 0 Å². The van der Waals surface area contributed by atoms with Crippen LogP contribution < -0.4 is 5.32 Å². The molecule has 0 radical (unpaired) electrons. The number of β-lactam (4-membered cyclic amide) rings is 1. The maximum atomic E-state index is 11.7. The monoisotopic (exact) mass is 258 g/mol. The van der Waals surface area contributed by atoms with Gasteiger partial charge in [0.1, 0.15) is 11.4 Å². The Kier molecular flexibility index (Phi) is 2.84. The van der Waals surface area contributed by atoms with E-state index in [2.05, 4.69) is 5.32 Å². The van der Waals surface area contributed by atoms with Crippen molar-refractivity contribution in [2.24, 2.45) is 0 Å². The van der Waals surface area contributed by atoms with E-state index < -0.39 is 40.4 Å². The minimum Gasteiger partial charge on any atom is -0.614 e. The molecule has 2 aliphatic heterocycles. The van der Waals surface area contributed by atoms with E-state index in [4.69, 9.17) is 5.11 Å². The Morgan fingerprint density at radius 2 is 2.29 bits per heavy atom. The predicted molar refractivity (Wildman–Crippen MR) is 57.0 cm³/mol. The van der Waals surface area contributed by atoms with E-state index in [1.165, 1.54) is 13.0 Å². The molecule has 2 amide bonds. The van der Waals surface area contributed by atoms with E-state index in [-0.39, 0.29) is 11.4 Å². The number of carboxylic acids is 1. The molecule has 7 nitrogen and oxygen atoms in total. The average Bonchev–Trinajstić information content (AvgIpc) is 2.25. The molecular weight excluding hydrogens is 248 g/mol. The van der Waals surface area contributed by atoms with Gasteiger partial charge in [0.15, 0.2) is 6.04 Å². The number of hydrogen-bond donors (Lipinski definition) is 2. The average molecular weight is 258 g/mol. The standard InChI is InChI=1S/C9H10N2O5S/c1-4(12)10-6-7(13)11-5(9(14)15)2-3-17(16)8(6)11/h2,6,8H,3H2,1H3,(H,10,12)(H,14,15)/t6?,8-,17?/m0/s1. The van der Waals surface area contributed by atoms with Crippen molar-refractivity contribution in [2.45, 2.75) is 18.3 Å². The molecule has 0 aromatic carbocycles. The van der Waals surface area contributed by atoms with E-state index in [1.54, 1.807) is 0 Å². The van der Waals surface area contributed by atoms with Crippen LogP contribution in [0.3, 0.4) is 0 Å². The highest BCUT2D eigenvalue weighted by Gasteiger charge is 2.59. The summed E-state index contributed by atoms with van der Waals surface area (Å²) in [5.74, 6) is -2.11. The Morgan fingerprint density at radius 1 is 1.65 bits per heavy atom. The van der Waals surface area contributed by atoms with Crippen molar-refractivity contribution in [3.63, 3.8) is 0 Å². The first-order valence-electron chi connectivity index (χ1n) is 4.84. The first kappa shape index (κ1) is 11.9. The maximum Gasteiger partial charge on any atom is 0.352 e. The zero-order chi connectivity index (χ0) is 12.7. The lowest BCUT2D eigenvalue weighted by Gasteiger charge is -2.47. The summed E-state index contributed by atoms with van der Waals surface area (Å²) in [6.45, 7) is 1.25. The number of fused-ring (bicyclic) bond motifs is 1. The molecule has 1 fully saturated rings. The number of carbonyl (C=O) groups is 3. The van der Waals surface area contributed by atoms with Gasteiger partial charge in [-0.15, -0.1) is 0 Å². The summed E-state index contributed by atoms with van der Waals surface area (Å²) in [6, 6.07) is -0.878. The van der Waals surface area contributed by atoms with E-state index in [1.807, 2.05) is 0 Å². The largest absolute Gasteiger partial charge is 0.614 e. The van der Waals surface area contributed by atoms with Gasteiger partial charge in [-0.05, 0) is 17.3 Å². The van der Waals surface area contributed by atoms with Crippen molar-refractivity contribution in [2.75, 3.05) is 5.75 Å². The third-order valence-electron chi connectivity index (χ3n) is 2.59. The number of amides is 2. The lowest BCUT2D eigenvalue weighted by atomic mass is 10.1. The fourth-order valence-corrected chi connectivity index (χ4v) is 3.35. The van der Waals surface area contributed by atoms with Crippen molar-refractivity contribution in [1.82, 2.24) is 10.2 Å². The Balaban J connectivity index is 2.23. The van der Waals surface area contributed by atoms with Crippen molar-refractivity contribution in [3.05, 3.63) is 11.8 Å². The van der Waals surface area contributed by atoms with Crippen LogP contribution in [-0.4, -0.2) is 49.5 Å². The van der Waals surface area contributed by atoms with Gasteiger partial charge in [0.05, 0.1) is 0 Å². The fourth-order valence-electron chi connectivity index (χ4n) is 1.89. The van der Waals surface area contributed by atoms with Crippen molar-refractivity contribution < 1.29 is 24.0 Å². The molecule has 0 bridgehead atoms. The normalized spacial score (nSPS) is 31.2. The molecule has 2 heterocycles. The van der Waals surface area contributed by atoms with Gasteiger partial charge in [-0.2, -0.15) is 0 Å². The molecular formula is C9H10N2O5S. The van der Waals surface area contributed by atoms with Crippen LogP contribution in [-0.2, 0) is 25.6 Å². The summed E-state index contributed by atoms with van der Waals surface area (Å²) in [4.78, 5) is 34.4. The van der Waals surface area contributed by atoms with Gasteiger partial charge in [0.2, 0.25) is 11.3 Å². The molecule has 2 aliphatic rings. The number of nitrogens with zero attached hydrogens (tertiary/aromatic N) is 1. The molecule has 8 heteroatoms. The first-order valence-corrected chi connectivity index (χ1v) is 6.22. The Morgan fingerprint density at radius 3 is 2.82 bits per heavy atom. The molecule has 3 atom stereocenters. The van der Waals surface area contributed by atoms with Gasteiger partial charge >= 0.3 is 5.97 Å². The molecule has 0 aromatic heterocycles. The summed E-state index contributed by atoms with van der Waals surface area (Å²) in [6.07, 6.45) is 1.26. The number of aliphatic carboxylic acids is 1. The lowest BCUT2D eigenvalue weighted by molar-refractivity contribution is -0.150. The molecule has 0 aliphatic carbocycles. The van der Waals surface area contributed by atoms with Crippen LogP contribution in [0.25, 0.3) is 0 Å². The Labute approximate surface area is 99.6 Å². The molecule has 0 aromatic rings. The number of hydrogen-bond acceptors (Lipinski definition) is 4. The third kappa shape index (κ3) is 1.79. The highest BCUT2D eigenvalue weighted by atomic mass is 32.2. The SMILES string of the molecule is CC(=O)NC1C(=O)N2C(C(=O)O)=CC[S+]([O-])[C@@H]12. The van der Waals surface area contributed by atoms with Crippen LogP contribution in [0, 0.1) is 0 Å². The second kappa shape index (κ2) is 4.04. The van der Waals surface area contributed by atoms with Crippen LogP contribution >= 0.6 is 0 Å². The Hall–Kier alpha value is -1.54. The summed E-state index contributed by atoms with van der Waals surface area (Å²) in [7, 11) is 0. The van der Waals surface area contributed by atoms with Gasteiger partial charge in [0.25, 0.3) is 5.91 Å². The molecule has 2 rings (SSSR count). The van der Waals surface area contributed by atoms with Crippen LogP contribution in [0.2, 0.25) is 0 Å². The molecule has 2 N–H and O–H groups in total. The highest BCUT2D eigenvalue weighted by Crippen LogP contribution is 2.33. The van der Waals surface area contributed by atoms with E-state index in [9.17, 15) is 18.9 Å². The van der Waals surface area contributed by atoms with E-state index in [0.29, 0.717) is 0 Å². The summed E-state index contributed by atoms with van der Waals surface area (Å²) < 4.78 is 11.7. The van der Waals surface area contributed by atoms with Crippen molar-refractivity contribution >= 4 is 29.0 Å². The third-order valence-corrected chi connectivity index (χ3v) is 4.11. The molecule has 0 spiro atoms. The smallest absolute Gasteiger partial charge is 0.352 e. The minimum atomic E-state index is -1.38. The van der Waals surface area contributed by atoms with Gasteiger partial charge in [0, 0.05) is 6.92 Å². The predicted octanol–water partition coefficient (Wildman–Crippen LogP) is -1.61. The van der Waals surface area contributed by atoms with Crippen LogP contribution in [0.4, 0.5) is 0 Å². The first-order chi connectivity index (χ1) is 7.93. The van der Waals surface area contributed by atoms with Gasteiger partial charge in [-0.1, -0.05) is 0 Å². The maximum absolute atomic E-state index is 11.7. The van der Waals surface area contributed by atoms with Crippen LogP contribution in [0.5, 0.6) is 0 Å². The zero-order valence-corrected chi connectivity index (χ0v) is 9.69. The zero-order valence-electron chi connectivity index (χ0n) is 8.87. The number of nitrogens with one attached hydrogen (secondary N) is 1. The minimum absolute atomic E-state index is 0.0756. The van der Waals surface area contributed by atoms with Gasteiger partial charge in [-0.3, -0.25) is 14.5 Å². The summed E-state index contributed by atoms with van der Waals surface area (Å²) in [5, 5.41) is 10.5. The van der Waals surface area contributed by atoms with Crippen LogP contribution in [0.15, 0.2) is 11.8 Å². The molecule has 92 valence electrons. The molecule has 2 unspecified atom stereocenters. The molecule has 1 saturated heterocycles. The van der Waals surface area contributed by atoms with Gasteiger partial charge in [-0.25, -0.2) is 4.79 Å². The van der Waals surface area contributed by atoms with Gasteiger partial charge < -0.3 is 15.0 Å². The number of carbonyl (C=O) groups excluding carboxylic acids is 2. The second-order valence-electron chi connectivity index (χ2n) is 3.72. The van der Waals surface area contributed by atoms with Crippen molar-refractivity contribution in [1.29, 1.82) is 0 Å².